The summed E-state index contributed by atoms with van der Waals surface area (Å²) in [6, 6.07) is 0. The maximum Gasteiger partial charge on any atom is 0.173 e. The first kappa shape index (κ1) is 9.35. The Kier molecular flexibility index (Phi) is 5.37. The molecular weight excluding hydrogens is 148 g/mol. The van der Waals surface area contributed by atoms with E-state index in [1.54, 1.807) is 0 Å². The second-order valence-corrected chi connectivity index (χ2v) is 7.41. The molecule has 0 rings (SSSR count). The minimum Gasteiger partial charge on any atom is -0.399 e. The molecule has 0 aromatic rings. The molecule has 0 aromatic carbocycles. The van der Waals surface area contributed by atoms with E-state index >= 15 is 0 Å². The van der Waals surface area contributed by atoms with Crippen LogP contribution in [0, 0.1) is 0 Å². The van der Waals surface area contributed by atoms with Crippen molar-refractivity contribution in [3.8, 4) is 0 Å². The topological polar surface area (TPSA) is 18.5 Å². The summed E-state index contributed by atoms with van der Waals surface area (Å²) >= 11 is 0. The van der Waals surface area contributed by atoms with Crippen LogP contribution in [0.1, 0.15) is 0 Å². The van der Waals surface area contributed by atoms with Crippen LogP contribution in [-0.4, -0.2) is 24.9 Å². The van der Waals surface area contributed by atoms with Gasteiger partial charge in [-0.3, -0.25) is 0 Å². The van der Waals surface area contributed by atoms with Crippen molar-refractivity contribution in [2.75, 3.05) is 6.79 Å². The van der Waals surface area contributed by atoms with E-state index < -0.39 is 18.1 Å². The van der Waals surface area contributed by atoms with Crippen LogP contribution in [0.2, 0.25) is 26.2 Å². The van der Waals surface area contributed by atoms with E-state index in [9.17, 15) is 0 Å². The van der Waals surface area contributed by atoms with Crippen LogP contribution in [-0.2, 0) is 8.85 Å². The zero-order valence-electron chi connectivity index (χ0n) is 6.68. The SMILES string of the molecule is C[SiH](C)OCO[SiH](C)C. The monoisotopic (exact) mass is 164 g/mol. The fourth-order valence-electron chi connectivity index (χ4n) is 0.311. The molecule has 4 heteroatoms. The first-order valence-electron chi connectivity index (χ1n) is 3.36. The molecular formula is C5H16O2Si2. The predicted octanol–water partition coefficient (Wildman–Crippen LogP) is 0.944. The van der Waals surface area contributed by atoms with Crippen LogP contribution >= 0.6 is 0 Å². The van der Waals surface area contributed by atoms with Crippen molar-refractivity contribution in [3.05, 3.63) is 0 Å². The molecule has 2 nitrogen and oxygen atoms in total. The molecule has 0 aromatic heterocycles. The van der Waals surface area contributed by atoms with E-state index in [2.05, 4.69) is 26.2 Å². The Morgan fingerprint density at radius 3 is 1.44 bits per heavy atom. The Balaban J connectivity index is 2.91. The van der Waals surface area contributed by atoms with E-state index in [1.165, 1.54) is 0 Å². The average Bonchev–Trinajstić information content (AvgIpc) is 1.63. The van der Waals surface area contributed by atoms with E-state index in [0.717, 1.165) is 0 Å². The zero-order valence-corrected chi connectivity index (χ0v) is 8.99. The maximum absolute atomic E-state index is 5.30. The Morgan fingerprint density at radius 2 is 1.22 bits per heavy atom. The van der Waals surface area contributed by atoms with Crippen LogP contribution in [0.3, 0.4) is 0 Å². The van der Waals surface area contributed by atoms with Gasteiger partial charge in [-0.1, -0.05) is 0 Å². The third kappa shape index (κ3) is 8.35. The zero-order chi connectivity index (χ0) is 7.28. The van der Waals surface area contributed by atoms with Crippen molar-refractivity contribution in [3.63, 3.8) is 0 Å². The van der Waals surface area contributed by atoms with Gasteiger partial charge in [-0.15, -0.1) is 0 Å². The molecule has 0 fully saturated rings. The Morgan fingerprint density at radius 1 is 0.889 bits per heavy atom. The normalized spacial score (nSPS) is 11.3. The molecule has 56 valence electrons. The minimum atomic E-state index is -0.832. The summed E-state index contributed by atoms with van der Waals surface area (Å²) < 4.78 is 10.6. The van der Waals surface area contributed by atoms with Crippen LogP contribution in [0.5, 0.6) is 0 Å². The molecule has 0 aliphatic carbocycles. The van der Waals surface area contributed by atoms with Gasteiger partial charge in [0, 0.05) is 0 Å². The molecule has 0 N–H and O–H groups in total. The lowest BCUT2D eigenvalue weighted by molar-refractivity contribution is 0.121. The van der Waals surface area contributed by atoms with Gasteiger partial charge >= 0.3 is 0 Å². The van der Waals surface area contributed by atoms with Crippen molar-refractivity contribution >= 4 is 18.1 Å². The molecule has 0 bridgehead atoms. The lowest BCUT2D eigenvalue weighted by Gasteiger charge is -2.08. The summed E-state index contributed by atoms with van der Waals surface area (Å²) in [4.78, 5) is 0. The third-order valence-corrected chi connectivity index (χ3v) is 2.41. The molecule has 0 saturated heterocycles. The molecule has 0 aliphatic heterocycles. The quantitative estimate of drug-likeness (QED) is 0.455. The highest BCUT2D eigenvalue weighted by Gasteiger charge is 1.96. The van der Waals surface area contributed by atoms with Crippen LogP contribution in [0.15, 0.2) is 0 Å². The van der Waals surface area contributed by atoms with Crippen molar-refractivity contribution in [2.24, 2.45) is 0 Å². The lowest BCUT2D eigenvalue weighted by Crippen LogP contribution is -2.16. The van der Waals surface area contributed by atoms with Gasteiger partial charge in [0.2, 0.25) is 0 Å². The Labute approximate surface area is 60.6 Å². The van der Waals surface area contributed by atoms with Gasteiger partial charge in [-0.05, 0) is 26.2 Å². The molecule has 0 atom stereocenters. The molecule has 0 heterocycles. The fourth-order valence-corrected chi connectivity index (χ4v) is 1.17. The number of hydrogen-bond donors (Lipinski definition) is 0. The highest BCUT2D eigenvalue weighted by molar-refractivity contribution is 6.49. The summed E-state index contributed by atoms with van der Waals surface area (Å²) in [7, 11) is -1.66. The van der Waals surface area contributed by atoms with Crippen molar-refractivity contribution in [1.29, 1.82) is 0 Å². The van der Waals surface area contributed by atoms with Gasteiger partial charge in [-0.2, -0.15) is 0 Å². The minimum absolute atomic E-state index is 0.535. The molecule has 0 radical (unpaired) electrons. The fraction of sp³-hybridized carbons (Fsp3) is 1.00. The first-order valence-corrected chi connectivity index (χ1v) is 8.92. The van der Waals surface area contributed by atoms with Crippen LogP contribution in [0.4, 0.5) is 0 Å². The van der Waals surface area contributed by atoms with Crippen molar-refractivity contribution < 1.29 is 8.85 Å². The summed E-state index contributed by atoms with van der Waals surface area (Å²) in [5.74, 6) is 0. The maximum atomic E-state index is 5.30. The van der Waals surface area contributed by atoms with Gasteiger partial charge in [0.05, 0.1) is 0 Å². The van der Waals surface area contributed by atoms with Crippen molar-refractivity contribution in [2.45, 2.75) is 26.2 Å². The summed E-state index contributed by atoms with van der Waals surface area (Å²) in [6.45, 7) is 9.11. The average molecular weight is 164 g/mol. The van der Waals surface area contributed by atoms with Gasteiger partial charge < -0.3 is 8.85 Å². The number of hydrogen-bond acceptors (Lipinski definition) is 2. The smallest absolute Gasteiger partial charge is 0.173 e. The lowest BCUT2D eigenvalue weighted by atomic mass is 11.6. The summed E-state index contributed by atoms with van der Waals surface area (Å²) in [5.41, 5.74) is 0. The largest absolute Gasteiger partial charge is 0.399 e. The third-order valence-electron chi connectivity index (χ3n) is 0.803. The van der Waals surface area contributed by atoms with Gasteiger partial charge in [-0.25, -0.2) is 0 Å². The predicted molar refractivity (Wildman–Crippen MR) is 44.8 cm³/mol. The molecule has 0 amide bonds. The van der Waals surface area contributed by atoms with Gasteiger partial charge in [0.1, 0.15) is 6.79 Å². The summed E-state index contributed by atoms with van der Waals surface area (Å²) in [5, 5.41) is 0. The second-order valence-electron chi connectivity index (χ2n) is 2.55. The number of rotatable bonds is 4. The van der Waals surface area contributed by atoms with Gasteiger partial charge in [0.15, 0.2) is 18.1 Å². The van der Waals surface area contributed by atoms with E-state index in [-0.39, 0.29) is 0 Å². The Hall–Kier alpha value is 0.354. The van der Waals surface area contributed by atoms with Crippen LogP contribution < -0.4 is 0 Å². The first-order chi connectivity index (χ1) is 4.13. The molecule has 0 unspecified atom stereocenters. The standard InChI is InChI=1S/C5H16O2Si2/c1-8(2)6-5-7-9(3)4/h8-9H,5H2,1-4H3. The molecule has 0 saturated carbocycles. The molecule has 0 spiro atoms. The molecule has 9 heavy (non-hydrogen) atoms. The van der Waals surface area contributed by atoms with Crippen molar-refractivity contribution in [1.82, 2.24) is 0 Å². The highest BCUT2D eigenvalue weighted by Crippen LogP contribution is 1.87. The van der Waals surface area contributed by atoms with E-state index in [4.69, 9.17) is 8.85 Å². The van der Waals surface area contributed by atoms with E-state index in [0.29, 0.717) is 6.79 Å². The van der Waals surface area contributed by atoms with Gasteiger partial charge in [0.25, 0.3) is 0 Å². The summed E-state index contributed by atoms with van der Waals surface area (Å²) in [6.07, 6.45) is 0. The second kappa shape index (κ2) is 5.16. The molecule has 0 aliphatic rings. The Bertz CT molecular complexity index is 58.0. The highest BCUT2D eigenvalue weighted by atomic mass is 28.3. The van der Waals surface area contributed by atoms with Crippen LogP contribution in [0.25, 0.3) is 0 Å². The van der Waals surface area contributed by atoms with E-state index in [1.807, 2.05) is 0 Å².